The second-order valence-corrected chi connectivity index (χ2v) is 7.29. The zero-order chi connectivity index (χ0) is 20.1. The van der Waals surface area contributed by atoms with Crippen molar-refractivity contribution in [2.24, 2.45) is 7.05 Å². The maximum absolute atomic E-state index is 12.2. The van der Waals surface area contributed by atoms with Crippen molar-refractivity contribution in [3.63, 3.8) is 0 Å². The molecule has 0 bridgehead atoms. The van der Waals surface area contributed by atoms with E-state index in [1.54, 1.807) is 41.9 Å². The van der Waals surface area contributed by atoms with Crippen molar-refractivity contribution in [2.75, 3.05) is 11.1 Å². The van der Waals surface area contributed by atoms with Crippen LogP contribution in [0.5, 0.6) is 0 Å². The average molecular weight is 420 g/mol. The fraction of sp³-hybridized carbons (Fsp3) is 0.222. The summed E-state index contributed by atoms with van der Waals surface area (Å²) < 4.78 is 6.77. The van der Waals surface area contributed by atoms with E-state index in [-0.39, 0.29) is 29.9 Å². The van der Waals surface area contributed by atoms with Crippen molar-refractivity contribution in [3.05, 3.63) is 58.8 Å². The Morgan fingerprint density at radius 2 is 2.11 bits per heavy atom. The third-order valence-corrected chi connectivity index (χ3v) is 5.13. The van der Waals surface area contributed by atoms with Crippen molar-refractivity contribution in [1.82, 2.24) is 20.1 Å². The molecule has 0 unspecified atom stereocenters. The summed E-state index contributed by atoms with van der Waals surface area (Å²) >= 11 is 7.18. The van der Waals surface area contributed by atoms with E-state index in [0.717, 1.165) is 5.56 Å². The Labute approximate surface area is 170 Å². The van der Waals surface area contributed by atoms with Crippen molar-refractivity contribution in [3.8, 4) is 0 Å². The Hall–Kier alpha value is -2.78. The lowest BCUT2D eigenvalue weighted by atomic mass is 10.2. The first kappa shape index (κ1) is 20.0. The lowest BCUT2D eigenvalue weighted by Crippen LogP contribution is -2.24. The van der Waals surface area contributed by atoms with Gasteiger partial charge in [0.2, 0.25) is 5.91 Å². The van der Waals surface area contributed by atoms with Gasteiger partial charge in [0.05, 0.1) is 18.6 Å². The van der Waals surface area contributed by atoms with Crippen molar-refractivity contribution < 1.29 is 14.0 Å². The number of anilines is 1. The summed E-state index contributed by atoms with van der Waals surface area (Å²) in [5.41, 5.74) is 1.60. The highest BCUT2D eigenvalue weighted by Gasteiger charge is 2.14. The quantitative estimate of drug-likeness (QED) is 0.571. The Balaban J connectivity index is 1.52. The van der Waals surface area contributed by atoms with E-state index < -0.39 is 0 Å². The minimum absolute atomic E-state index is 0.161. The minimum atomic E-state index is -0.333. The summed E-state index contributed by atoms with van der Waals surface area (Å²) in [6, 6.07) is 8.50. The largest absolute Gasteiger partial charge is 0.459 e. The highest BCUT2D eigenvalue weighted by atomic mass is 35.5. The van der Waals surface area contributed by atoms with Crippen LogP contribution in [0.4, 0.5) is 5.69 Å². The Kier molecular flexibility index (Phi) is 6.37. The third kappa shape index (κ3) is 4.93. The van der Waals surface area contributed by atoms with E-state index >= 15 is 0 Å². The molecular weight excluding hydrogens is 402 g/mol. The maximum Gasteiger partial charge on any atom is 0.287 e. The first-order valence-corrected chi connectivity index (χ1v) is 9.69. The maximum atomic E-state index is 12.2. The lowest BCUT2D eigenvalue weighted by Gasteiger charge is -2.08. The highest BCUT2D eigenvalue weighted by Crippen LogP contribution is 2.21. The van der Waals surface area contributed by atoms with Crippen molar-refractivity contribution in [2.45, 2.75) is 18.6 Å². The molecule has 2 amide bonds. The summed E-state index contributed by atoms with van der Waals surface area (Å²) in [5.74, 6) is 0.473. The number of carbonyl (C=O) groups is 2. The van der Waals surface area contributed by atoms with Crippen LogP contribution in [-0.2, 0) is 18.4 Å². The van der Waals surface area contributed by atoms with Crippen LogP contribution in [0.25, 0.3) is 0 Å². The van der Waals surface area contributed by atoms with Gasteiger partial charge in [-0.25, -0.2) is 0 Å². The van der Waals surface area contributed by atoms with Gasteiger partial charge in [-0.15, -0.1) is 10.2 Å². The van der Waals surface area contributed by atoms with Crippen LogP contribution >= 0.6 is 23.4 Å². The second-order valence-electron chi connectivity index (χ2n) is 5.91. The number of rotatable bonds is 7. The Bertz CT molecular complexity index is 987. The molecule has 0 aliphatic heterocycles. The summed E-state index contributed by atoms with van der Waals surface area (Å²) in [5, 5.41) is 14.9. The summed E-state index contributed by atoms with van der Waals surface area (Å²) in [4.78, 5) is 24.1. The molecule has 0 spiro atoms. The molecule has 10 heteroatoms. The lowest BCUT2D eigenvalue weighted by molar-refractivity contribution is -0.113. The van der Waals surface area contributed by atoms with E-state index in [0.29, 0.717) is 21.7 Å². The van der Waals surface area contributed by atoms with Gasteiger partial charge in [-0.1, -0.05) is 23.4 Å². The van der Waals surface area contributed by atoms with Crippen molar-refractivity contribution >= 4 is 40.9 Å². The summed E-state index contributed by atoms with van der Waals surface area (Å²) in [7, 11) is 1.78. The van der Waals surface area contributed by atoms with Gasteiger partial charge in [-0.05, 0) is 42.8 Å². The van der Waals surface area contributed by atoms with Gasteiger partial charge in [0.15, 0.2) is 16.7 Å². The fourth-order valence-electron chi connectivity index (χ4n) is 2.36. The molecule has 1 aromatic carbocycles. The minimum Gasteiger partial charge on any atom is -0.459 e. The van der Waals surface area contributed by atoms with E-state index in [2.05, 4.69) is 20.8 Å². The number of carbonyl (C=O) groups excluding carboxylic acids is 2. The van der Waals surface area contributed by atoms with E-state index in [4.69, 9.17) is 16.0 Å². The van der Waals surface area contributed by atoms with Crippen LogP contribution in [0.3, 0.4) is 0 Å². The fourth-order valence-corrected chi connectivity index (χ4v) is 3.32. The second kappa shape index (κ2) is 8.94. The SMILES string of the molecule is Cc1cc(Cl)ccc1NC(=O)CSc1nnc(CNC(=O)c2ccco2)n1C. The van der Waals surface area contributed by atoms with Gasteiger partial charge in [0.25, 0.3) is 5.91 Å². The van der Waals surface area contributed by atoms with Gasteiger partial charge in [0, 0.05) is 17.8 Å². The number of aromatic nitrogens is 3. The predicted octanol–water partition coefficient (Wildman–Crippen LogP) is 3.03. The molecule has 0 radical (unpaired) electrons. The number of halogens is 1. The molecule has 0 fully saturated rings. The molecule has 0 atom stereocenters. The number of nitrogens with one attached hydrogen (secondary N) is 2. The summed E-state index contributed by atoms with van der Waals surface area (Å²) in [6.07, 6.45) is 1.43. The topological polar surface area (TPSA) is 102 Å². The number of benzene rings is 1. The average Bonchev–Trinajstić information content (AvgIpc) is 3.31. The molecule has 3 aromatic rings. The molecular formula is C18H18ClN5O3S. The molecule has 2 aromatic heterocycles. The molecule has 0 saturated carbocycles. The number of hydrogen-bond acceptors (Lipinski definition) is 6. The Morgan fingerprint density at radius 1 is 1.29 bits per heavy atom. The number of amides is 2. The van der Waals surface area contributed by atoms with Crippen LogP contribution in [-0.4, -0.2) is 32.3 Å². The number of thioether (sulfide) groups is 1. The number of nitrogens with zero attached hydrogens (tertiary/aromatic N) is 3. The summed E-state index contributed by atoms with van der Waals surface area (Å²) in [6.45, 7) is 2.07. The first-order chi connectivity index (χ1) is 13.4. The molecule has 0 aliphatic rings. The van der Waals surface area contributed by atoms with E-state index in [1.165, 1.54) is 18.0 Å². The number of aryl methyl sites for hydroxylation is 1. The Morgan fingerprint density at radius 3 is 2.82 bits per heavy atom. The van der Waals surface area contributed by atoms with Gasteiger partial charge in [0.1, 0.15) is 0 Å². The van der Waals surface area contributed by atoms with Gasteiger partial charge >= 0.3 is 0 Å². The van der Waals surface area contributed by atoms with Crippen LogP contribution in [0, 0.1) is 6.92 Å². The number of furan rings is 1. The molecule has 28 heavy (non-hydrogen) atoms. The number of hydrogen-bond donors (Lipinski definition) is 2. The van der Waals surface area contributed by atoms with Gasteiger partial charge in [-0.2, -0.15) is 0 Å². The molecule has 146 valence electrons. The predicted molar refractivity (Wildman–Crippen MR) is 106 cm³/mol. The molecule has 8 nitrogen and oxygen atoms in total. The van der Waals surface area contributed by atoms with Crippen LogP contribution in [0.15, 0.2) is 46.2 Å². The molecule has 0 saturated heterocycles. The monoisotopic (exact) mass is 419 g/mol. The zero-order valence-corrected chi connectivity index (χ0v) is 16.8. The van der Waals surface area contributed by atoms with Gasteiger partial charge < -0.3 is 19.6 Å². The molecule has 2 N–H and O–H groups in total. The normalized spacial score (nSPS) is 10.7. The van der Waals surface area contributed by atoms with E-state index in [9.17, 15) is 9.59 Å². The smallest absolute Gasteiger partial charge is 0.287 e. The molecule has 2 heterocycles. The molecule has 0 aliphatic carbocycles. The standard InChI is InChI=1S/C18H18ClN5O3S/c1-11-8-12(19)5-6-13(11)21-16(25)10-28-18-23-22-15(24(18)2)9-20-17(26)14-4-3-7-27-14/h3-8H,9-10H2,1-2H3,(H,20,26)(H,21,25). The van der Waals surface area contributed by atoms with Gasteiger partial charge in [-0.3, -0.25) is 9.59 Å². The van der Waals surface area contributed by atoms with E-state index in [1.807, 2.05) is 6.92 Å². The van der Waals surface area contributed by atoms with Crippen LogP contribution in [0.1, 0.15) is 21.9 Å². The molecule has 3 rings (SSSR count). The first-order valence-electron chi connectivity index (χ1n) is 8.33. The highest BCUT2D eigenvalue weighted by molar-refractivity contribution is 7.99. The third-order valence-electron chi connectivity index (χ3n) is 3.87. The van der Waals surface area contributed by atoms with Crippen LogP contribution in [0.2, 0.25) is 5.02 Å². The van der Waals surface area contributed by atoms with Crippen LogP contribution < -0.4 is 10.6 Å². The van der Waals surface area contributed by atoms with Crippen molar-refractivity contribution in [1.29, 1.82) is 0 Å². The zero-order valence-electron chi connectivity index (χ0n) is 15.2.